The molecule has 0 bridgehead atoms. The molecule has 0 saturated carbocycles. The molecule has 22 heavy (non-hydrogen) atoms. The van der Waals surface area contributed by atoms with E-state index >= 15 is 0 Å². The molecule has 1 unspecified atom stereocenters. The first kappa shape index (κ1) is 14.7. The van der Waals surface area contributed by atoms with Crippen molar-refractivity contribution < 1.29 is 4.79 Å². The number of carbonyl (C=O) groups excluding carboxylic acids is 1. The highest BCUT2D eigenvalue weighted by Gasteiger charge is 2.22. The van der Waals surface area contributed by atoms with Crippen LogP contribution in [0.3, 0.4) is 0 Å². The van der Waals surface area contributed by atoms with E-state index in [1.807, 2.05) is 35.9 Å². The zero-order valence-corrected chi connectivity index (χ0v) is 13.0. The molecule has 6 heteroatoms. The van der Waals surface area contributed by atoms with Crippen molar-refractivity contribution in [3.05, 3.63) is 30.6 Å². The highest BCUT2D eigenvalue weighted by molar-refractivity contribution is 5.92. The molecule has 0 aliphatic carbocycles. The van der Waals surface area contributed by atoms with Gasteiger partial charge in [-0.15, -0.1) is 10.2 Å². The van der Waals surface area contributed by atoms with Gasteiger partial charge in [-0.05, 0) is 38.4 Å². The number of hydrogen-bond acceptors (Lipinski definition) is 4. The number of likely N-dealkylation sites (tertiary alicyclic amines) is 1. The molecule has 1 aliphatic heterocycles. The van der Waals surface area contributed by atoms with Gasteiger partial charge < -0.3 is 9.88 Å². The lowest BCUT2D eigenvalue weighted by Crippen LogP contribution is -2.35. The van der Waals surface area contributed by atoms with Crippen LogP contribution in [0.4, 0.5) is 5.69 Å². The van der Waals surface area contributed by atoms with Gasteiger partial charge in [0.1, 0.15) is 6.33 Å². The lowest BCUT2D eigenvalue weighted by molar-refractivity contribution is -0.117. The fraction of sp³-hybridized carbons (Fsp3) is 0.438. The minimum absolute atomic E-state index is 0.0314. The molecule has 0 radical (unpaired) electrons. The van der Waals surface area contributed by atoms with Gasteiger partial charge in [-0.3, -0.25) is 9.69 Å². The quantitative estimate of drug-likeness (QED) is 0.936. The Morgan fingerprint density at radius 3 is 3.00 bits per heavy atom. The number of aryl methyl sites for hydroxylation is 1. The largest absolute Gasteiger partial charge is 0.325 e. The highest BCUT2D eigenvalue weighted by Crippen LogP contribution is 2.20. The molecule has 1 amide bonds. The Morgan fingerprint density at radius 2 is 2.32 bits per heavy atom. The number of rotatable bonds is 4. The molecule has 1 saturated heterocycles. The van der Waals surface area contributed by atoms with E-state index < -0.39 is 0 Å². The van der Waals surface area contributed by atoms with Crippen LogP contribution in [0.15, 0.2) is 30.6 Å². The molecule has 3 rings (SSSR count). The van der Waals surface area contributed by atoms with Crippen LogP contribution in [0.1, 0.15) is 19.8 Å². The summed E-state index contributed by atoms with van der Waals surface area (Å²) >= 11 is 0. The van der Waals surface area contributed by atoms with Crippen molar-refractivity contribution in [3.8, 4) is 11.4 Å². The SMILES string of the molecule is CC1CCCN1CC(=O)Nc1cccc(-c2nncn2C)c1. The van der Waals surface area contributed by atoms with Gasteiger partial charge in [0.2, 0.25) is 5.91 Å². The summed E-state index contributed by atoms with van der Waals surface area (Å²) in [5, 5.41) is 10.9. The monoisotopic (exact) mass is 299 g/mol. The van der Waals surface area contributed by atoms with Gasteiger partial charge in [-0.1, -0.05) is 12.1 Å². The Morgan fingerprint density at radius 1 is 1.45 bits per heavy atom. The van der Waals surface area contributed by atoms with E-state index in [1.54, 1.807) is 6.33 Å². The third-order valence-electron chi connectivity index (χ3n) is 4.15. The second-order valence-corrected chi connectivity index (χ2v) is 5.86. The van der Waals surface area contributed by atoms with Crippen LogP contribution in [-0.2, 0) is 11.8 Å². The van der Waals surface area contributed by atoms with E-state index in [9.17, 15) is 4.79 Å². The second-order valence-electron chi connectivity index (χ2n) is 5.86. The maximum Gasteiger partial charge on any atom is 0.238 e. The molecule has 2 heterocycles. The summed E-state index contributed by atoms with van der Waals surface area (Å²) in [4.78, 5) is 14.4. The summed E-state index contributed by atoms with van der Waals surface area (Å²) in [7, 11) is 1.90. The van der Waals surface area contributed by atoms with Crippen LogP contribution >= 0.6 is 0 Å². The molecule has 116 valence electrons. The Bertz CT molecular complexity index is 666. The molecule has 1 aliphatic rings. The first-order valence-corrected chi connectivity index (χ1v) is 7.62. The molecule has 1 aromatic carbocycles. The van der Waals surface area contributed by atoms with E-state index in [4.69, 9.17) is 0 Å². The average molecular weight is 299 g/mol. The van der Waals surface area contributed by atoms with Crippen LogP contribution in [-0.4, -0.2) is 44.7 Å². The summed E-state index contributed by atoms with van der Waals surface area (Å²) < 4.78 is 1.85. The minimum Gasteiger partial charge on any atom is -0.325 e. The molecule has 0 spiro atoms. The zero-order valence-electron chi connectivity index (χ0n) is 13.0. The smallest absolute Gasteiger partial charge is 0.238 e. The Hall–Kier alpha value is -2.21. The van der Waals surface area contributed by atoms with Crippen molar-refractivity contribution in [2.45, 2.75) is 25.8 Å². The summed E-state index contributed by atoms with van der Waals surface area (Å²) in [5.74, 6) is 0.813. The van der Waals surface area contributed by atoms with E-state index in [2.05, 4.69) is 27.3 Å². The predicted molar refractivity (Wildman–Crippen MR) is 85.3 cm³/mol. The first-order chi connectivity index (χ1) is 10.6. The van der Waals surface area contributed by atoms with Crippen LogP contribution in [0.25, 0.3) is 11.4 Å². The number of anilines is 1. The van der Waals surface area contributed by atoms with Gasteiger partial charge in [0, 0.05) is 24.3 Å². The molecule has 1 atom stereocenters. The van der Waals surface area contributed by atoms with Crippen LogP contribution in [0.2, 0.25) is 0 Å². The van der Waals surface area contributed by atoms with Gasteiger partial charge in [-0.2, -0.15) is 0 Å². The first-order valence-electron chi connectivity index (χ1n) is 7.62. The number of nitrogens with one attached hydrogen (secondary N) is 1. The van der Waals surface area contributed by atoms with Crippen LogP contribution in [0, 0.1) is 0 Å². The lowest BCUT2D eigenvalue weighted by Gasteiger charge is -2.20. The predicted octanol–water partition coefficient (Wildman–Crippen LogP) is 1.90. The third-order valence-corrected chi connectivity index (χ3v) is 4.15. The molecule has 2 aromatic rings. The molecule has 6 nitrogen and oxygen atoms in total. The second kappa shape index (κ2) is 6.27. The third kappa shape index (κ3) is 3.17. The highest BCUT2D eigenvalue weighted by atomic mass is 16.2. The van der Waals surface area contributed by atoms with Crippen LogP contribution in [0.5, 0.6) is 0 Å². The lowest BCUT2D eigenvalue weighted by atomic mass is 10.2. The van der Waals surface area contributed by atoms with E-state index in [0.29, 0.717) is 12.6 Å². The van der Waals surface area contributed by atoms with Gasteiger partial charge in [0.05, 0.1) is 6.54 Å². The molecular weight excluding hydrogens is 278 g/mol. The molecule has 1 fully saturated rings. The van der Waals surface area contributed by atoms with E-state index in [-0.39, 0.29) is 5.91 Å². The average Bonchev–Trinajstić information content (AvgIpc) is 3.08. The molecule has 1 aromatic heterocycles. The van der Waals surface area contributed by atoms with Crippen molar-refractivity contribution in [2.24, 2.45) is 7.05 Å². The normalized spacial score (nSPS) is 18.5. The van der Waals surface area contributed by atoms with Crippen molar-refractivity contribution in [1.82, 2.24) is 19.7 Å². The standard InChI is InChI=1S/C16H21N5O/c1-12-5-4-8-21(12)10-15(22)18-14-7-3-6-13(9-14)16-19-17-11-20(16)2/h3,6-7,9,11-12H,4-5,8,10H2,1-2H3,(H,18,22). The summed E-state index contributed by atoms with van der Waals surface area (Å²) in [6.07, 6.45) is 4.01. The maximum atomic E-state index is 12.2. The van der Waals surface area contributed by atoms with E-state index in [0.717, 1.165) is 23.6 Å². The number of aromatic nitrogens is 3. The molecule has 1 N–H and O–H groups in total. The van der Waals surface area contributed by atoms with Crippen molar-refractivity contribution in [1.29, 1.82) is 0 Å². The fourth-order valence-corrected chi connectivity index (χ4v) is 2.89. The van der Waals surface area contributed by atoms with Crippen molar-refractivity contribution >= 4 is 11.6 Å². The number of hydrogen-bond donors (Lipinski definition) is 1. The van der Waals surface area contributed by atoms with Gasteiger partial charge in [-0.25, -0.2) is 0 Å². The molecular formula is C16H21N5O. The summed E-state index contributed by atoms with van der Waals surface area (Å²) in [5.41, 5.74) is 1.73. The maximum absolute atomic E-state index is 12.2. The number of nitrogens with zero attached hydrogens (tertiary/aromatic N) is 4. The van der Waals surface area contributed by atoms with Gasteiger partial charge in [0.25, 0.3) is 0 Å². The van der Waals surface area contributed by atoms with Crippen LogP contribution < -0.4 is 5.32 Å². The summed E-state index contributed by atoms with van der Waals surface area (Å²) in [6.45, 7) is 3.64. The number of amides is 1. The number of benzene rings is 1. The Balaban J connectivity index is 1.68. The van der Waals surface area contributed by atoms with E-state index in [1.165, 1.54) is 12.8 Å². The van der Waals surface area contributed by atoms with Gasteiger partial charge >= 0.3 is 0 Å². The summed E-state index contributed by atoms with van der Waals surface area (Å²) in [6, 6.07) is 8.19. The van der Waals surface area contributed by atoms with Crippen molar-refractivity contribution in [3.63, 3.8) is 0 Å². The fourth-order valence-electron chi connectivity index (χ4n) is 2.89. The van der Waals surface area contributed by atoms with Gasteiger partial charge in [0.15, 0.2) is 5.82 Å². The Kier molecular flexibility index (Phi) is 4.20. The minimum atomic E-state index is 0.0314. The topological polar surface area (TPSA) is 63.1 Å². The Labute approximate surface area is 130 Å². The van der Waals surface area contributed by atoms with Crippen molar-refractivity contribution in [2.75, 3.05) is 18.4 Å². The number of carbonyl (C=O) groups is 1. The zero-order chi connectivity index (χ0) is 15.5.